The van der Waals surface area contributed by atoms with E-state index < -0.39 is 5.60 Å². The number of ketones is 1. The summed E-state index contributed by atoms with van der Waals surface area (Å²) in [7, 11) is 1.58. The highest BCUT2D eigenvalue weighted by atomic mass is 16.5. The van der Waals surface area contributed by atoms with Crippen LogP contribution in [0.3, 0.4) is 0 Å². The van der Waals surface area contributed by atoms with Crippen LogP contribution in [0.25, 0.3) is 0 Å². The number of methoxy groups -OCH3 is 1. The zero-order valence-electron chi connectivity index (χ0n) is 18.9. The van der Waals surface area contributed by atoms with Gasteiger partial charge in [0.15, 0.2) is 5.78 Å². The molecule has 0 bridgehead atoms. The van der Waals surface area contributed by atoms with Gasteiger partial charge in [0.25, 0.3) is 0 Å². The summed E-state index contributed by atoms with van der Waals surface area (Å²) in [6, 6.07) is 13.4. The van der Waals surface area contributed by atoms with E-state index in [-0.39, 0.29) is 11.7 Å². The van der Waals surface area contributed by atoms with E-state index in [2.05, 4.69) is 19.1 Å². The van der Waals surface area contributed by atoms with Gasteiger partial charge in [-0.3, -0.25) is 9.59 Å². The van der Waals surface area contributed by atoms with Crippen molar-refractivity contribution in [3.63, 3.8) is 0 Å². The molecule has 0 atom stereocenters. The summed E-state index contributed by atoms with van der Waals surface area (Å²) in [6.45, 7) is 3.86. The molecule has 2 heterocycles. The summed E-state index contributed by atoms with van der Waals surface area (Å²) >= 11 is 0. The molecule has 2 aliphatic rings. The first kappa shape index (κ1) is 22.2. The van der Waals surface area contributed by atoms with E-state index >= 15 is 0 Å². The van der Waals surface area contributed by atoms with Crippen molar-refractivity contribution in [1.82, 2.24) is 4.90 Å². The summed E-state index contributed by atoms with van der Waals surface area (Å²) in [6.07, 6.45) is 3.82. The summed E-state index contributed by atoms with van der Waals surface area (Å²) in [4.78, 5) is 27.3. The van der Waals surface area contributed by atoms with E-state index in [0.29, 0.717) is 68.9 Å². The quantitative estimate of drug-likeness (QED) is 0.599. The molecule has 32 heavy (non-hydrogen) atoms. The van der Waals surface area contributed by atoms with Crippen LogP contribution in [-0.4, -0.2) is 49.0 Å². The minimum absolute atomic E-state index is 0.0778. The zero-order chi connectivity index (χ0) is 22.6. The average molecular weight is 438 g/mol. The fourth-order valence-corrected chi connectivity index (χ4v) is 4.44. The molecule has 2 aromatic carbocycles. The van der Waals surface area contributed by atoms with Gasteiger partial charge in [-0.1, -0.05) is 19.1 Å². The number of carbonyl (C=O) groups is 2. The first-order chi connectivity index (χ1) is 15.5. The smallest absolute Gasteiger partial charge is 0.222 e. The van der Waals surface area contributed by atoms with Crippen LogP contribution in [0.4, 0.5) is 0 Å². The standard InChI is InChI=1S/C26H31NO5/c1-3-19-6-8-20(9-7-19)31-16-4-5-25(29)27-14-12-26(13-15-27)18-23(28)22-17-21(30-2)10-11-24(22)32-26/h6-11,17H,3-5,12-16,18H2,1-2H3. The van der Waals surface area contributed by atoms with E-state index in [9.17, 15) is 9.59 Å². The number of hydrogen-bond acceptors (Lipinski definition) is 5. The lowest BCUT2D eigenvalue weighted by Crippen LogP contribution is -2.52. The number of benzene rings is 2. The molecule has 0 radical (unpaired) electrons. The van der Waals surface area contributed by atoms with Gasteiger partial charge in [-0.15, -0.1) is 0 Å². The van der Waals surface area contributed by atoms with Crippen molar-refractivity contribution in [2.24, 2.45) is 0 Å². The predicted octanol–water partition coefficient (Wildman–Crippen LogP) is 4.44. The maximum Gasteiger partial charge on any atom is 0.222 e. The molecule has 0 saturated carbocycles. The second kappa shape index (κ2) is 9.63. The fraction of sp³-hybridized carbons (Fsp3) is 0.462. The van der Waals surface area contributed by atoms with Gasteiger partial charge in [0.1, 0.15) is 22.8 Å². The van der Waals surface area contributed by atoms with Crippen LogP contribution in [0, 0.1) is 0 Å². The number of ether oxygens (including phenoxy) is 3. The fourth-order valence-electron chi connectivity index (χ4n) is 4.44. The van der Waals surface area contributed by atoms with Crippen molar-refractivity contribution in [2.75, 3.05) is 26.8 Å². The molecule has 1 fully saturated rings. The number of aryl methyl sites for hydroxylation is 1. The Labute approximate surface area is 189 Å². The van der Waals surface area contributed by atoms with Gasteiger partial charge in [0.05, 0.1) is 25.7 Å². The second-order valence-corrected chi connectivity index (χ2v) is 8.58. The molecule has 1 saturated heterocycles. The SMILES string of the molecule is CCc1ccc(OCCCC(=O)N2CCC3(CC2)CC(=O)c2cc(OC)ccc2O3)cc1. The van der Waals surface area contributed by atoms with Crippen LogP contribution in [0.2, 0.25) is 0 Å². The Morgan fingerprint density at radius 3 is 2.50 bits per heavy atom. The maximum absolute atomic E-state index is 12.7. The third kappa shape index (κ3) is 4.90. The molecular weight excluding hydrogens is 406 g/mol. The molecule has 0 aliphatic carbocycles. The molecule has 1 spiro atoms. The molecule has 0 unspecified atom stereocenters. The predicted molar refractivity (Wildman–Crippen MR) is 122 cm³/mol. The van der Waals surface area contributed by atoms with Crippen LogP contribution >= 0.6 is 0 Å². The second-order valence-electron chi connectivity index (χ2n) is 8.58. The lowest BCUT2D eigenvalue weighted by molar-refractivity contribution is -0.135. The maximum atomic E-state index is 12.7. The molecule has 6 heteroatoms. The monoisotopic (exact) mass is 437 g/mol. The number of Topliss-reactive ketones (excluding diaryl/α,β-unsaturated/α-hetero) is 1. The van der Waals surface area contributed by atoms with Gasteiger partial charge in [0, 0.05) is 32.4 Å². The zero-order valence-corrected chi connectivity index (χ0v) is 18.9. The number of carbonyl (C=O) groups excluding carboxylic acids is 2. The number of amides is 1. The molecule has 6 nitrogen and oxygen atoms in total. The van der Waals surface area contributed by atoms with Crippen molar-refractivity contribution in [3.05, 3.63) is 53.6 Å². The highest BCUT2D eigenvalue weighted by Gasteiger charge is 2.43. The Balaban J connectivity index is 1.24. The van der Waals surface area contributed by atoms with Gasteiger partial charge in [-0.25, -0.2) is 0 Å². The summed E-state index contributed by atoms with van der Waals surface area (Å²) < 4.78 is 17.3. The van der Waals surface area contributed by atoms with Crippen molar-refractivity contribution in [1.29, 1.82) is 0 Å². The van der Waals surface area contributed by atoms with Crippen LogP contribution in [0.5, 0.6) is 17.2 Å². The highest BCUT2D eigenvalue weighted by molar-refractivity contribution is 6.00. The van der Waals surface area contributed by atoms with Crippen molar-refractivity contribution in [3.8, 4) is 17.2 Å². The number of fused-ring (bicyclic) bond motifs is 1. The molecule has 2 aliphatic heterocycles. The van der Waals surface area contributed by atoms with Crippen LogP contribution in [0.1, 0.15) is 54.9 Å². The van der Waals surface area contributed by atoms with Gasteiger partial charge >= 0.3 is 0 Å². The first-order valence-corrected chi connectivity index (χ1v) is 11.4. The topological polar surface area (TPSA) is 65.1 Å². The van der Waals surface area contributed by atoms with E-state index in [1.165, 1.54) is 5.56 Å². The van der Waals surface area contributed by atoms with Crippen LogP contribution in [0.15, 0.2) is 42.5 Å². The van der Waals surface area contributed by atoms with Crippen LogP contribution in [-0.2, 0) is 11.2 Å². The van der Waals surface area contributed by atoms with E-state index in [1.807, 2.05) is 23.1 Å². The first-order valence-electron chi connectivity index (χ1n) is 11.4. The van der Waals surface area contributed by atoms with Crippen molar-refractivity contribution in [2.45, 2.75) is 51.0 Å². The Kier molecular flexibility index (Phi) is 6.68. The molecule has 0 aromatic heterocycles. The van der Waals surface area contributed by atoms with Gasteiger partial charge in [-0.05, 0) is 48.7 Å². The number of piperidine rings is 1. The van der Waals surface area contributed by atoms with Crippen molar-refractivity contribution < 1.29 is 23.8 Å². The molecule has 1 amide bonds. The molecule has 2 aromatic rings. The van der Waals surface area contributed by atoms with E-state index in [0.717, 1.165) is 12.2 Å². The summed E-state index contributed by atoms with van der Waals surface area (Å²) in [5.41, 5.74) is 1.35. The van der Waals surface area contributed by atoms with Crippen molar-refractivity contribution >= 4 is 11.7 Å². The Bertz CT molecular complexity index is 961. The third-order valence-corrected chi connectivity index (χ3v) is 6.46. The molecule has 0 N–H and O–H groups in total. The Morgan fingerprint density at radius 1 is 1.09 bits per heavy atom. The van der Waals surface area contributed by atoms with Crippen LogP contribution < -0.4 is 14.2 Å². The van der Waals surface area contributed by atoms with E-state index in [4.69, 9.17) is 14.2 Å². The lowest BCUT2D eigenvalue weighted by atomic mass is 9.82. The lowest BCUT2D eigenvalue weighted by Gasteiger charge is -2.44. The van der Waals surface area contributed by atoms with E-state index in [1.54, 1.807) is 19.2 Å². The highest BCUT2D eigenvalue weighted by Crippen LogP contribution is 2.40. The van der Waals surface area contributed by atoms with Gasteiger partial charge in [-0.2, -0.15) is 0 Å². The number of rotatable bonds is 7. The third-order valence-electron chi connectivity index (χ3n) is 6.46. The summed E-state index contributed by atoms with van der Waals surface area (Å²) in [5.74, 6) is 2.32. The molecule has 4 rings (SSSR count). The minimum Gasteiger partial charge on any atom is -0.497 e. The normalized spacial score (nSPS) is 16.9. The number of hydrogen-bond donors (Lipinski definition) is 0. The van der Waals surface area contributed by atoms with Gasteiger partial charge < -0.3 is 19.1 Å². The molecule has 170 valence electrons. The Hall–Kier alpha value is -3.02. The van der Waals surface area contributed by atoms with Gasteiger partial charge in [0.2, 0.25) is 5.91 Å². The minimum atomic E-state index is -0.511. The molecular formula is C26H31NO5. The number of nitrogens with zero attached hydrogens (tertiary/aromatic N) is 1. The number of likely N-dealkylation sites (tertiary alicyclic amines) is 1. The summed E-state index contributed by atoms with van der Waals surface area (Å²) in [5, 5.41) is 0. The largest absolute Gasteiger partial charge is 0.497 e. The Morgan fingerprint density at radius 2 is 1.81 bits per heavy atom. The average Bonchev–Trinajstić information content (AvgIpc) is 2.82.